The molecular formula is C17H19N3O5S. The third kappa shape index (κ3) is 3.77. The van der Waals surface area contributed by atoms with Crippen molar-refractivity contribution in [2.75, 3.05) is 11.9 Å². The average Bonchev–Trinajstić information content (AvgIpc) is 3.18. The van der Waals surface area contributed by atoms with Crippen molar-refractivity contribution in [3.8, 4) is 0 Å². The number of rotatable bonds is 6. The van der Waals surface area contributed by atoms with Crippen molar-refractivity contribution in [1.29, 1.82) is 0 Å². The number of nitrogens with one attached hydrogen (secondary N) is 1. The molecule has 0 aliphatic heterocycles. The minimum atomic E-state index is -1.05. The summed E-state index contributed by atoms with van der Waals surface area (Å²) in [4.78, 5) is 36.7. The van der Waals surface area contributed by atoms with Gasteiger partial charge in [0.15, 0.2) is 0 Å². The Bertz CT molecular complexity index is 855. The number of carbonyl (C=O) groups excluding carboxylic acids is 2. The number of thiophene rings is 1. The SMILES string of the molecule is CCOC(=O)c1c(NC(=O)c2cnn(CC(=O)O)c2)sc2c1CCCC2. The van der Waals surface area contributed by atoms with Gasteiger partial charge in [0.1, 0.15) is 11.5 Å². The first-order valence-electron chi connectivity index (χ1n) is 8.36. The van der Waals surface area contributed by atoms with Gasteiger partial charge >= 0.3 is 11.9 Å². The maximum atomic E-state index is 12.5. The van der Waals surface area contributed by atoms with Crippen LogP contribution in [0, 0.1) is 0 Å². The number of fused-ring (bicyclic) bond motifs is 1. The normalized spacial score (nSPS) is 13.1. The van der Waals surface area contributed by atoms with Gasteiger partial charge in [-0.1, -0.05) is 0 Å². The van der Waals surface area contributed by atoms with E-state index in [1.165, 1.54) is 28.4 Å². The second-order valence-electron chi connectivity index (χ2n) is 5.91. The summed E-state index contributed by atoms with van der Waals surface area (Å²) in [5.41, 5.74) is 1.64. The number of aliphatic carboxylic acids is 1. The van der Waals surface area contributed by atoms with E-state index in [0.29, 0.717) is 10.6 Å². The minimum Gasteiger partial charge on any atom is -0.480 e. The topological polar surface area (TPSA) is 111 Å². The molecule has 2 heterocycles. The van der Waals surface area contributed by atoms with Crippen molar-refractivity contribution in [1.82, 2.24) is 9.78 Å². The Kier molecular flexibility index (Phi) is 5.36. The van der Waals surface area contributed by atoms with Gasteiger partial charge in [-0.3, -0.25) is 14.3 Å². The number of anilines is 1. The quantitative estimate of drug-likeness (QED) is 0.748. The molecule has 0 saturated carbocycles. The Hall–Kier alpha value is -2.68. The van der Waals surface area contributed by atoms with E-state index in [-0.39, 0.29) is 18.7 Å². The van der Waals surface area contributed by atoms with Crippen LogP contribution in [0.25, 0.3) is 0 Å². The van der Waals surface area contributed by atoms with Gasteiger partial charge in [0.2, 0.25) is 0 Å². The highest BCUT2D eigenvalue weighted by Crippen LogP contribution is 2.38. The van der Waals surface area contributed by atoms with Crippen LogP contribution < -0.4 is 5.32 Å². The van der Waals surface area contributed by atoms with Crippen LogP contribution in [0.1, 0.15) is 50.9 Å². The number of carboxylic acid groups (broad SMARTS) is 1. The predicted molar refractivity (Wildman–Crippen MR) is 94.7 cm³/mol. The van der Waals surface area contributed by atoms with Crippen LogP contribution >= 0.6 is 11.3 Å². The first-order valence-corrected chi connectivity index (χ1v) is 9.18. The molecule has 0 radical (unpaired) electrons. The number of esters is 1. The summed E-state index contributed by atoms with van der Waals surface area (Å²) in [7, 11) is 0. The zero-order valence-electron chi connectivity index (χ0n) is 14.3. The molecule has 0 fully saturated rings. The fraction of sp³-hybridized carbons (Fsp3) is 0.412. The summed E-state index contributed by atoms with van der Waals surface area (Å²) in [5, 5.41) is 15.9. The van der Waals surface area contributed by atoms with E-state index in [9.17, 15) is 14.4 Å². The maximum Gasteiger partial charge on any atom is 0.341 e. The largest absolute Gasteiger partial charge is 0.480 e. The lowest BCUT2D eigenvalue weighted by Crippen LogP contribution is -2.15. The molecule has 0 bridgehead atoms. The van der Waals surface area contributed by atoms with E-state index in [0.717, 1.165) is 36.1 Å². The van der Waals surface area contributed by atoms with Crippen molar-refractivity contribution < 1.29 is 24.2 Å². The van der Waals surface area contributed by atoms with Gasteiger partial charge in [-0.15, -0.1) is 11.3 Å². The van der Waals surface area contributed by atoms with Crippen LogP contribution in [0.15, 0.2) is 12.4 Å². The molecule has 1 aliphatic rings. The molecule has 1 aliphatic carbocycles. The Morgan fingerprint density at radius 2 is 2.12 bits per heavy atom. The average molecular weight is 377 g/mol. The summed E-state index contributed by atoms with van der Waals surface area (Å²) in [6.07, 6.45) is 6.42. The highest BCUT2D eigenvalue weighted by Gasteiger charge is 2.27. The number of aryl methyl sites for hydroxylation is 1. The zero-order chi connectivity index (χ0) is 18.7. The molecular weight excluding hydrogens is 358 g/mol. The Morgan fingerprint density at radius 3 is 2.85 bits per heavy atom. The van der Waals surface area contributed by atoms with E-state index in [2.05, 4.69) is 10.4 Å². The number of carboxylic acids is 1. The standard InChI is InChI=1S/C17H19N3O5S/c1-2-25-17(24)14-11-5-3-4-6-12(11)26-16(14)19-15(23)10-7-18-20(8-10)9-13(21)22/h7-8H,2-6,9H2,1H3,(H,19,23)(H,21,22). The second-order valence-corrected chi connectivity index (χ2v) is 7.02. The lowest BCUT2D eigenvalue weighted by molar-refractivity contribution is -0.137. The first-order chi connectivity index (χ1) is 12.5. The molecule has 0 saturated heterocycles. The molecule has 0 atom stereocenters. The molecule has 1 amide bonds. The number of ether oxygens (including phenoxy) is 1. The van der Waals surface area contributed by atoms with E-state index < -0.39 is 17.8 Å². The van der Waals surface area contributed by atoms with Crippen molar-refractivity contribution in [3.05, 3.63) is 34.0 Å². The molecule has 2 N–H and O–H groups in total. The highest BCUT2D eigenvalue weighted by molar-refractivity contribution is 7.17. The molecule has 3 rings (SSSR count). The van der Waals surface area contributed by atoms with Crippen LogP contribution in [0.3, 0.4) is 0 Å². The summed E-state index contributed by atoms with van der Waals surface area (Å²) in [6, 6.07) is 0. The molecule has 0 spiro atoms. The van der Waals surface area contributed by atoms with E-state index in [1.807, 2.05) is 0 Å². The van der Waals surface area contributed by atoms with Gasteiger partial charge < -0.3 is 15.2 Å². The van der Waals surface area contributed by atoms with E-state index >= 15 is 0 Å². The van der Waals surface area contributed by atoms with Crippen molar-refractivity contribution >= 4 is 34.2 Å². The van der Waals surface area contributed by atoms with Gasteiger partial charge in [0.05, 0.1) is 23.9 Å². The van der Waals surface area contributed by atoms with E-state index in [4.69, 9.17) is 9.84 Å². The monoisotopic (exact) mass is 377 g/mol. The Labute approximate surface area is 153 Å². The molecule has 0 unspecified atom stereocenters. The summed E-state index contributed by atoms with van der Waals surface area (Å²) < 4.78 is 6.33. The zero-order valence-corrected chi connectivity index (χ0v) is 15.1. The Balaban J connectivity index is 1.85. The van der Waals surface area contributed by atoms with Crippen LogP contribution in [-0.4, -0.2) is 39.3 Å². The number of nitrogens with zero attached hydrogens (tertiary/aromatic N) is 2. The summed E-state index contributed by atoms with van der Waals surface area (Å²) in [6.45, 7) is 1.68. The smallest absolute Gasteiger partial charge is 0.341 e. The summed E-state index contributed by atoms with van der Waals surface area (Å²) in [5.74, 6) is -1.91. The number of aromatic nitrogens is 2. The molecule has 2 aromatic heterocycles. The van der Waals surface area contributed by atoms with Crippen LogP contribution in [0.4, 0.5) is 5.00 Å². The van der Waals surface area contributed by atoms with Crippen LogP contribution in [-0.2, 0) is 28.9 Å². The van der Waals surface area contributed by atoms with E-state index in [1.54, 1.807) is 6.92 Å². The van der Waals surface area contributed by atoms with Gasteiger partial charge in [0, 0.05) is 11.1 Å². The third-order valence-electron chi connectivity index (χ3n) is 4.07. The molecule has 8 nitrogen and oxygen atoms in total. The molecule has 2 aromatic rings. The van der Waals surface area contributed by atoms with Gasteiger partial charge in [-0.25, -0.2) is 4.79 Å². The lowest BCUT2D eigenvalue weighted by Gasteiger charge is -2.12. The van der Waals surface area contributed by atoms with Gasteiger partial charge in [-0.2, -0.15) is 5.10 Å². The maximum absolute atomic E-state index is 12.5. The molecule has 138 valence electrons. The summed E-state index contributed by atoms with van der Waals surface area (Å²) >= 11 is 1.40. The fourth-order valence-corrected chi connectivity index (χ4v) is 4.23. The van der Waals surface area contributed by atoms with Gasteiger partial charge in [0.25, 0.3) is 5.91 Å². The second kappa shape index (κ2) is 7.69. The molecule has 0 aromatic carbocycles. The van der Waals surface area contributed by atoms with Crippen molar-refractivity contribution in [2.45, 2.75) is 39.2 Å². The lowest BCUT2D eigenvalue weighted by atomic mass is 9.95. The van der Waals surface area contributed by atoms with Gasteiger partial charge in [-0.05, 0) is 38.2 Å². The number of hydrogen-bond donors (Lipinski definition) is 2. The fourth-order valence-electron chi connectivity index (χ4n) is 2.95. The first kappa shape index (κ1) is 18.1. The number of carbonyl (C=O) groups is 3. The molecule has 26 heavy (non-hydrogen) atoms. The minimum absolute atomic E-state index is 0.229. The van der Waals surface area contributed by atoms with Crippen LogP contribution in [0.5, 0.6) is 0 Å². The predicted octanol–water partition coefficient (Wildman–Crippen LogP) is 2.34. The van der Waals surface area contributed by atoms with Crippen LogP contribution in [0.2, 0.25) is 0 Å². The van der Waals surface area contributed by atoms with Crippen molar-refractivity contribution in [2.24, 2.45) is 0 Å². The third-order valence-corrected chi connectivity index (χ3v) is 5.28. The number of amides is 1. The Morgan fingerprint density at radius 1 is 1.35 bits per heavy atom. The number of hydrogen-bond acceptors (Lipinski definition) is 6. The molecule has 9 heteroatoms. The van der Waals surface area contributed by atoms with Crippen molar-refractivity contribution in [3.63, 3.8) is 0 Å². The highest BCUT2D eigenvalue weighted by atomic mass is 32.1.